The fourth-order valence-electron chi connectivity index (χ4n) is 1.98. The van der Waals surface area contributed by atoms with Gasteiger partial charge >= 0.3 is 0 Å². The molecule has 1 N–H and O–H groups in total. The number of aryl methyl sites for hydroxylation is 1. The molecule has 21 heavy (non-hydrogen) atoms. The summed E-state index contributed by atoms with van der Waals surface area (Å²) in [6, 6.07) is 10.7. The summed E-state index contributed by atoms with van der Waals surface area (Å²) in [5, 5.41) is 2.82. The Balaban J connectivity index is 1.85. The van der Waals surface area contributed by atoms with Crippen molar-refractivity contribution in [3.8, 4) is 5.75 Å². The minimum Gasteiger partial charge on any atom is -0.494 e. The van der Waals surface area contributed by atoms with Crippen molar-refractivity contribution in [1.82, 2.24) is 4.57 Å². The molecule has 0 aliphatic carbocycles. The van der Waals surface area contributed by atoms with E-state index < -0.39 is 0 Å². The minimum absolute atomic E-state index is 0.0929. The minimum atomic E-state index is -0.0929. The molecule has 0 unspecified atom stereocenters. The first kappa shape index (κ1) is 14.8. The average Bonchev–Trinajstić information content (AvgIpc) is 2.95. The van der Waals surface area contributed by atoms with Gasteiger partial charge in [0.25, 0.3) is 0 Å². The number of amides is 1. The van der Waals surface area contributed by atoms with Crippen LogP contribution in [0.2, 0.25) is 0 Å². The molecule has 0 fully saturated rings. The molecule has 0 atom stereocenters. The lowest BCUT2D eigenvalue weighted by Crippen LogP contribution is -2.15. The van der Waals surface area contributed by atoms with Crippen molar-refractivity contribution in [3.05, 3.63) is 48.3 Å². The molecule has 2 aromatic rings. The summed E-state index contributed by atoms with van der Waals surface area (Å²) < 4.78 is 7.09. The van der Waals surface area contributed by atoms with Crippen LogP contribution in [0.5, 0.6) is 5.75 Å². The zero-order valence-electron chi connectivity index (χ0n) is 11.9. The summed E-state index contributed by atoms with van der Waals surface area (Å²) in [6.07, 6.45) is 2.88. The molecule has 0 radical (unpaired) electrons. The van der Waals surface area contributed by atoms with Gasteiger partial charge in [0.15, 0.2) is 6.29 Å². The summed E-state index contributed by atoms with van der Waals surface area (Å²) in [7, 11) is 0. The van der Waals surface area contributed by atoms with Gasteiger partial charge < -0.3 is 14.6 Å². The van der Waals surface area contributed by atoms with E-state index in [1.54, 1.807) is 35.0 Å². The van der Waals surface area contributed by atoms with E-state index in [0.29, 0.717) is 25.3 Å². The van der Waals surface area contributed by atoms with Gasteiger partial charge in [-0.25, -0.2) is 0 Å². The zero-order chi connectivity index (χ0) is 15.1. The van der Waals surface area contributed by atoms with Crippen molar-refractivity contribution in [1.29, 1.82) is 0 Å². The summed E-state index contributed by atoms with van der Waals surface area (Å²) in [4.78, 5) is 22.6. The number of benzene rings is 1. The molecular formula is C16H18N2O3. The van der Waals surface area contributed by atoms with E-state index >= 15 is 0 Å². The van der Waals surface area contributed by atoms with E-state index in [2.05, 4.69) is 5.32 Å². The lowest BCUT2D eigenvalue weighted by atomic mass is 10.3. The molecule has 1 amide bonds. The van der Waals surface area contributed by atoms with Gasteiger partial charge in [-0.1, -0.05) is 0 Å². The fourth-order valence-corrected chi connectivity index (χ4v) is 1.98. The average molecular weight is 286 g/mol. The van der Waals surface area contributed by atoms with Crippen molar-refractivity contribution >= 4 is 17.9 Å². The van der Waals surface area contributed by atoms with Crippen LogP contribution in [0.25, 0.3) is 0 Å². The third-order valence-electron chi connectivity index (χ3n) is 3.01. The lowest BCUT2D eigenvalue weighted by molar-refractivity contribution is -0.116. The number of rotatable bonds is 7. The number of ether oxygens (including phenoxy) is 1. The van der Waals surface area contributed by atoms with Crippen LogP contribution < -0.4 is 10.1 Å². The van der Waals surface area contributed by atoms with Crippen LogP contribution in [0.1, 0.15) is 23.8 Å². The second-order valence-electron chi connectivity index (χ2n) is 4.50. The monoisotopic (exact) mass is 286 g/mol. The lowest BCUT2D eigenvalue weighted by Gasteiger charge is -2.08. The molecule has 0 aliphatic rings. The molecule has 5 heteroatoms. The SMILES string of the molecule is CCOc1ccc(NC(=O)CCn2cccc2C=O)cc1. The van der Waals surface area contributed by atoms with Crippen molar-refractivity contribution in [2.24, 2.45) is 0 Å². The highest BCUT2D eigenvalue weighted by atomic mass is 16.5. The summed E-state index contributed by atoms with van der Waals surface area (Å²) in [5.74, 6) is 0.683. The quantitative estimate of drug-likeness (QED) is 0.796. The second kappa shape index (κ2) is 7.28. The Morgan fingerprint density at radius 2 is 2.05 bits per heavy atom. The van der Waals surface area contributed by atoms with Crippen LogP contribution in [0, 0.1) is 0 Å². The van der Waals surface area contributed by atoms with E-state index in [0.717, 1.165) is 17.7 Å². The number of nitrogens with one attached hydrogen (secondary N) is 1. The number of carbonyl (C=O) groups is 2. The number of aldehydes is 1. The molecule has 1 aromatic carbocycles. The van der Waals surface area contributed by atoms with Crippen molar-refractivity contribution in [3.63, 3.8) is 0 Å². The molecule has 0 spiro atoms. The highest BCUT2D eigenvalue weighted by Crippen LogP contribution is 2.15. The highest BCUT2D eigenvalue weighted by molar-refractivity contribution is 5.90. The standard InChI is InChI=1S/C16H18N2O3/c1-2-21-15-7-5-13(6-8-15)17-16(20)9-11-18-10-3-4-14(18)12-19/h3-8,10,12H,2,9,11H2,1H3,(H,17,20). The van der Waals surface area contributed by atoms with Crippen LogP contribution in [-0.4, -0.2) is 23.4 Å². The van der Waals surface area contributed by atoms with E-state index in [1.165, 1.54) is 0 Å². The van der Waals surface area contributed by atoms with Gasteiger partial charge in [0, 0.05) is 24.8 Å². The van der Waals surface area contributed by atoms with Crippen LogP contribution in [-0.2, 0) is 11.3 Å². The smallest absolute Gasteiger partial charge is 0.226 e. The van der Waals surface area contributed by atoms with Crippen molar-refractivity contribution < 1.29 is 14.3 Å². The molecule has 110 valence electrons. The Labute approximate surface area is 123 Å². The third kappa shape index (κ3) is 4.21. The number of anilines is 1. The molecular weight excluding hydrogens is 268 g/mol. The van der Waals surface area contributed by atoms with Gasteiger partial charge in [-0.05, 0) is 43.3 Å². The van der Waals surface area contributed by atoms with Crippen molar-refractivity contribution in [2.75, 3.05) is 11.9 Å². The molecule has 0 bridgehead atoms. The Hall–Kier alpha value is -2.56. The van der Waals surface area contributed by atoms with Crippen LogP contribution in [0.4, 0.5) is 5.69 Å². The van der Waals surface area contributed by atoms with Crippen LogP contribution in [0.3, 0.4) is 0 Å². The topological polar surface area (TPSA) is 60.3 Å². The first-order chi connectivity index (χ1) is 10.2. The number of nitrogens with zero attached hydrogens (tertiary/aromatic N) is 1. The Morgan fingerprint density at radius 1 is 1.29 bits per heavy atom. The number of aromatic nitrogens is 1. The van der Waals surface area contributed by atoms with E-state index in [-0.39, 0.29) is 5.91 Å². The predicted molar refractivity (Wildman–Crippen MR) is 80.7 cm³/mol. The van der Waals surface area contributed by atoms with Gasteiger partial charge in [0.05, 0.1) is 12.3 Å². The van der Waals surface area contributed by atoms with Crippen LogP contribution >= 0.6 is 0 Å². The van der Waals surface area contributed by atoms with Gasteiger partial charge in [0.2, 0.25) is 5.91 Å². The molecule has 2 rings (SSSR count). The van der Waals surface area contributed by atoms with Gasteiger partial charge in [-0.2, -0.15) is 0 Å². The second-order valence-corrected chi connectivity index (χ2v) is 4.50. The normalized spacial score (nSPS) is 10.1. The number of hydrogen-bond donors (Lipinski definition) is 1. The van der Waals surface area contributed by atoms with E-state index in [9.17, 15) is 9.59 Å². The maximum atomic E-state index is 11.9. The first-order valence-electron chi connectivity index (χ1n) is 6.86. The molecule has 0 saturated heterocycles. The molecule has 1 heterocycles. The molecule has 5 nitrogen and oxygen atoms in total. The molecule has 0 saturated carbocycles. The Bertz CT molecular complexity index is 602. The fraction of sp³-hybridized carbons (Fsp3) is 0.250. The van der Waals surface area contributed by atoms with E-state index in [1.807, 2.05) is 19.1 Å². The molecule has 1 aromatic heterocycles. The van der Waals surface area contributed by atoms with Crippen LogP contribution in [0.15, 0.2) is 42.6 Å². The maximum Gasteiger partial charge on any atom is 0.226 e. The predicted octanol–water partition coefficient (Wildman–Crippen LogP) is 2.73. The highest BCUT2D eigenvalue weighted by Gasteiger charge is 2.05. The summed E-state index contributed by atoms with van der Waals surface area (Å²) in [6.45, 7) is 3.01. The third-order valence-corrected chi connectivity index (χ3v) is 3.01. The van der Waals surface area contributed by atoms with Crippen molar-refractivity contribution in [2.45, 2.75) is 19.9 Å². The first-order valence-corrected chi connectivity index (χ1v) is 6.86. The van der Waals surface area contributed by atoms with Gasteiger partial charge in [0.1, 0.15) is 5.75 Å². The number of carbonyl (C=O) groups excluding carboxylic acids is 2. The van der Waals surface area contributed by atoms with E-state index in [4.69, 9.17) is 4.74 Å². The summed E-state index contributed by atoms with van der Waals surface area (Å²) in [5.41, 5.74) is 1.30. The van der Waals surface area contributed by atoms with Gasteiger partial charge in [-0.15, -0.1) is 0 Å². The summed E-state index contributed by atoms with van der Waals surface area (Å²) >= 11 is 0. The number of hydrogen-bond acceptors (Lipinski definition) is 3. The molecule has 0 aliphatic heterocycles. The Kier molecular flexibility index (Phi) is 5.15. The largest absolute Gasteiger partial charge is 0.494 e. The Morgan fingerprint density at radius 3 is 2.71 bits per heavy atom. The zero-order valence-corrected chi connectivity index (χ0v) is 11.9. The van der Waals surface area contributed by atoms with Gasteiger partial charge in [-0.3, -0.25) is 9.59 Å². The maximum absolute atomic E-state index is 11.9.